The summed E-state index contributed by atoms with van der Waals surface area (Å²) in [4.78, 5) is 3.51. The van der Waals surface area contributed by atoms with E-state index in [0.717, 1.165) is 6.20 Å². The summed E-state index contributed by atoms with van der Waals surface area (Å²) in [5, 5.41) is 9.01. The van der Waals surface area contributed by atoms with E-state index < -0.39 is 11.9 Å². The van der Waals surface area contributed by atoms with Gasteiger partial charge in [0.25, 0.3) is 0 Å². The molecular formula is C8H6FNO. The van der Waals surface area contributed by atoms with Gasteiger partial charge in [-0.05, 0) is 6.07 Å². The molecule has 0 bridgehead atoms. The van der Waals surface area contributed by atoms with Crippen LogP contribution in [0.25, 0.3) is 0 Å². The largest absolute Gasteiger partial charge is 0.376 e. The summed E-state index contributed by atoms with van der Waals surface area (Å²) < 4.78 is 12.7. The average molecular weight is 151 g/mol. The molecule has 1 N–H and O–H groups in total. The molecule has 0 aliphatic carbocycles. The Balaban J connectivity index is 3.05. The lowest BCUT2D eigenvalue weighted by Gasteiger charge is -2.02. The van der Waals surface area contributed by atoms with Crippen LogP contribution >= 0.6 is 0 Å². The lowest BCUT2D eigenvalue weighted by Crippen LogP contribution is -1.97. The summed E-state index contributed by atoms with van der Waals surface area (Å²) in [5.74, 6) is 1.42. The number of halogens is 1. The van der Waals surface area contributed by atoms with Gasteiger partial charge in [0.05, 0.1) is 6.20 Å². The van der Waals surface area contributed by atoms with Crippen molar-refractivity contribution in [3.8, 4) is 12.3 Å². The molecule has 0 amide bonds. The molecular weight excluding hydrogens is 145 g/mol. The lowest BCUT2D eigenvalue weighted by molar-refractivity contribution is 0.232. The fourth-order valence-corrected chi connectivity index (χ4v) is 0.697. The Hall–Kier alpha value is -1.40. The second kappa shape index (κ2) is 3.13. The van der Waals surface area contributed by atoms with E-state index in [0.29, 0.717) is 0 Å². The van der Waals surface area contributed by atoms with Gasteiger partial charge >= 0.3 is 0 Å². The van der Waals surface area contributed by atoms with Gasteiger partial charge in [0.1, 0.15) is 11.9 Å². The molecule has 0 fully saturated rings. The Labute approximate surface area is 63.7 Å². The minimum atomic E-state index is -1.18. The van der Waals surface area contributed by atoms with Gasteiger partial charge in [-0.15, -0.1) is 6.42 Å². The molecule has 11 heavy (non-hydrogen) atoms. The standard InChI is InChI=1S/C8H6FNO/c1-2-8(11)6-3-4-10-5-7(6)9/h1,3-5,8,11H. The first-order valence-corrected chi connectivity index (χ1v) is 2.99. The van der Waals surface area contributed by atoms with E-state index in [9.17, 15) is 4.39 Å². The van der Waals surface area contributed by atoms with E-state index in [1.54, 1.807) is 0 Å². The van der Waals surface area contributed by atoms with Crippen molar-refractivity contribution >= 4 is 0 Å². The first-order chi connectivity index (χ1) is 5.25. The molecule has 0 aromatic carbocycles. The van der Waals surface area contributed by atoms with Crippen molar-refractivity contribution in [3.05, 3.63) is 29.8 Å². The van der Waals surface area contributed by atoms with E-state index in [2.05, 4.69) is 4.98 Å². The number of pyridine rings is 1. The summed E-state index contributed by atoms with van der Waals surface area (Å²) in [5.41, 5.74) is 0.0856. The maximum atomic E-state index is 12.7. The van der Waals surface area contributed by atoms with Crippen LogP contribution in [0.5, 0.6) is 0 Å². The van der Waals surface area contributed by atoms with Crippen molar-refractivity contribution in [1.82, 2.24) is 4.98 Å². The van der Waals surface area contributed by atoms with E-state index in [1.165, 1.54) is 12.3 Å². The maximum absolute atomic E-state index is 12.7. The third kappa shape index (κ3) is 1.54. The Morgan fingerprint density at radius 3 is 3.00 bits per heavy atom. The van der Waals surface area contributed by atoms with Gasteiger partial charge in [-0.25, -0.2) is 4.39 Å². The molecule has 0 saturated carbocycles. The molecule has 0 radical (unpaired) electrons. The molecule has 1 aromatic heterocycles. The zero-order valence-electron chi connectivity index (χ0n) is 5.66. The maximum Gasteiger partial charge on any atom is 0.148 e. The summed E-state index contributed by atoms with van der Waals surface area (Å²) >= 11 is 0. The number of rotatable bonds is 1. The third-order valence-electron chi connectivity index (χ3n) is 1.26. The molecule has 1 atom stereocenters. The molecule has 0 aliphatic rings. The molecule has 0 saturated heterocycles. The number of hydrogen-bond donors (Lipinski definition) is 1. The minimum Gasteiger partial charge on any atom is -0.376 e. The van der Waals surface area contributed by atoms with Crippen molar-refractivity contribution in [3.63, 3.8) is 0 Å². The van der Waals surface area contributed by atoms with Crippen LogP contribution in [0.1, 0.15) is 11.7 Å². The van der Waals surface area contributed by atoms with Gasteiger partial charge < -0.3 is 5.11 Å². The molecule has 3 heteroatoms. The first-order valence-electron chi connectivity index (χ1n) is 2.99. The van der Waals surface area contributed by atoms with Crippen LogP contribution < -0.4 is 0 Å². The van der Waals surface area contributed by atoms with E-state index in [1.807, 2.05) is 5.92 Å². The van der Waals surface area contributed by atoms with Crippen LogP contribution in [0.15, 0.2) is 18.5 Å². The molecule has 1 unspecified atom stereocenters. The van der Waals surface area contributed by atoms with Crippen molar-refractivity contribution < 1.29 is 9.50 Å². The first kappa shape index (κ1) is 7.70. The Bertz CT molecular complexity index is 292. The van der Waals surface area contributed by atoms with Crippen LogP contribution in [0, 0.1) is 18.2 Å². The molecule has 1 aromatic rings. The average Bonchev–Trinajstić information content (AvgIpc) is 2.04. The second-order valence-electron chi connectivity index (χ2n) is 1.97. The summed E-state index contributed by atoms with van der Waals surface area (Å²) in [7, 11) is 0. The van der Waals surface area contributed by atoms with Crippen molar-refractivity contribution in [2.45, 2.75) is 6.10 Å². The Morgan fingerprint density at radius 2 is 2.45 bits per heavy atom. The third-order valence-corrected chi connectivity index (χ3v) is 1.26. The molecule has 0 aliphatic heterocycles. The fourth-order valence-electron chi connectivity index (χ4n) is 0.697. The molecule has 1 rings (SSSR count). The number of aromatic nitrogens is 1. The number of aliphatic hydroxyl groups is 1. The van der Waals surface area contributed by atoms with Crippen LogP contribution in [0.2, 0.25) is 0 Å². The predicted octanol–water partition coefficient (Wildman–Crippen LogP) is 0.887. The van der Waals surface area contributed by atoms with Gasteiger partial charge in [0.15, 0.2) is 0 Å². The number of nitrogens with zero attached hydrogens (tertiary/aromatic N) is 1. The zero-order valence-corrected chi connectivity index (χ0v) is 5.66. The van der Waals surface area contributed by atoms with E-state index in [4.69, 9.17) is 11.5 Å². The summed E-state index contributed by atoms with van der Waals surface area (Å²) in [6.45, 7) is 0. The SMILES string of the molecule is C#CC(O)c1ccncc1F. The van der Waals surface area contributed by atoms with Crippen molar-refractivity contribution in [2.24, 2.45) is 0 Å². The van der Waals surface area contributed by atoms with Gasteiger partial charge in [-0.3, -0.25) is 4.98 Å². The highest BCUT2D eigenvalue weighted by molar-refractivity contribution is 5.21. The summed E-state index contributed by atoms with van der Waals surface area (Å²) in [6.07, 6.45) is 6.09. The van der Waals surface area contributed by atoms with Gasteiger partial charge in [0.2, 0.25) is 0 Å². The number of aliphatic hydroxyl groups excluding tert-OH is 1. The predicted molar refractivity (Wildman–Crippen MR) is 38.0 cm³/mol. The number of hydrogen-bond acceptors (Lipinski definition) is 2. The summed E-state index contributed by atoms with van der Waals surface area (Å²) in [6, 6.07) is 1.35. The van der Waals surface area contributed by atoms with Crippen molar-refractivity contribution in [2.75, 3.05) is 0 Å². The molecule has 2 nitrogen and oxygen atoms in total. The van der Waals surface area contributed by atoms with E-state index >= 15 is 0 Å². The highest BCUT2D eigenvalue weighted by Gasteiger charge is 2.07. The second-order valence-corrected chi connectivity index (χ2v) is 1.97. The molecule has 56 valence electrons. The lowest BCUT2D eigenvalue weighted by atomic mass is 10.1. The van der Waals surface area contributed by atoms with Gasteiger partial charge in [0, 0.05) is 11.8 Å². The minimum absolute atomic E-state index is 0.0856. The van der Waals surface area contributed by atoms with Crippen molar-refractivity contribution in [1.29, 1.82) is 0 Å². The molecule has 0 spiro atoms. The fraction of sp³-hybridized carbons (Fsp3) is 0.125. The topological polar surface area (TPSA) is 33.1 Å². The highest BCUT2D eigenvalue weighted by atomic mass is 19.1. The quantitative estimate of drug-likeness (QED) is 0.604. The number of terminal acetylenes is 1. The van der Waals surface area contributed by atoms with E-state index in [-0.39, 0.29) is 5.56 Å². The normalized spacial score (nSPS) is 12.1. The van der Waals surface area contributed by atoms with Crippen LogP contribution in [-0.4, -0.2) is 10.1 Å². The van der Waals surface area contributed by atoms with Crippen LogP contribution in [-0.2, 0) is 0 Å². The van der Waals surface area contributed by atoms with Gasteiger partial charge in [-0.2, -0.15) is 0 Å². The van der Waals surface area contributed by atoms with Gasteiger partial charge in [-0.1, -0.05) is 5.92 Å². The smallest absolute Gasteiger partial charge is 0.148 e. The Morgan fingerprint density at radius 1 is 1.73 bits per heavy atom. The monoisotopic (exact) mass is 151 g/mol. The van der Waals surface area contributed by atoms with Crippen LogP contribution in [0.4, 0.5) is 4.39 Å². The highest BCUT2D eigenvalue weighted by Crippen LogP contribution is 2.13. The van der Waals surface area contributed by atoms with Crippen LogP contribution in [0.3, 0.4) is 0 Å². The molecule has 1 heterocycles. The zero-order chi connectivity index (χ0) is 8.27. The Kier molecular flexibility index (Phi) is 2.19.